The van der Waals surface area contributed by atoms with E-state index in [1.54, 1.807) is 4.90 Å². The Bertz CT molecular complexity index is 1220. The summed E-state index contributed by atoms with van der Waals surface area (Å²) in [4.78, 5) is 28.5. The van der Waals surface area contributed by atoms with Crippen molar-refractivity contribution < 1.29 is 18.3 Å². The summed E-state index contributed by atoms with van der Waals surface area (Å²) in [7, 11) is 2.07. The Morgan fingerprint density at radius 3 is 2.51 bits per heavy atom. The molecule has 1 amide bonds. The third-order valence-corrected chi connectivity index (χ3v) is 6.45. The topological polar surface area (TPSA) is 61.8 Å². The van der Waals surface area contributed by atoms with E-state index in [1.165, 1.54) is 6.07 Å². The van der Waals surface area contributed by atoms with Crippen LogP contribution in [-0.2, 0) is 24.2 Å². The Kier molecular flexibility index (Phi) is 6.59. The zero-order valence-electron chi connectivity index (χ0n) is 19.6. The highest BCUT2D eigenvalue weighted by atomic mass is 19.1. The van der Waals surface area contributed by atoms with Crippen LogP contribution >= 0.6 is 0 Å². The fourth-order valence-corrected chi connectivity index (χ4v) is 4.36. The number of hydrogen-bond acceptors (Lipinski definition) is 6. The zero-order chi connectivity index (χ0) is 24.4. The highest BCUT2D eigenvalue weighted by molar-refractivity contribution is 5.79. The predicted octanol–water partition coefficient (Wildman–Crippen LogP) is 3.43. The Morgan fingerprint density at radius 2 is 1.77 bits per heavy atom. The standard InChI is InChI=1S/C26H27F2N5O2/c1-31-11-13-32(14-12-31)26-29-22-9-10-33(24(34)15-18-5-3-2-4-6-18)17-20(22)25(30-26)35-23-8-7-19(27)16-21(23)28/h2-8,16H,9-15,17H2,1H3. The van der Waals surface area contributed by atoms with Gasteiger partial charge in [-0.15, -0.1) is 0 Å². The van der Waals surface area contributed by atoms with Crippen LogP contribution in [0.5, 0.6) is 11.6 Å². The maximum atomic E-state index is 14.4. The second kappa shape index (κ2) is 9.95. The van der Waals surface area contributed by atoms with Gasteiger partial charge in [-0.05, 0) is 24.7 Å². The van der Waals surface area contributed by atoms with E-state index in [9.17, 15) is 13.6 Å². The normalized spacial score (nSPS) is 16.2. The Balaban J connectivity index is 1.45. The number of carbonyl (C=O) groups is 1. The van der Waals surface area contributed by atoms with Crippen molar-refractivity contribution in [2.24, 2.45) is 0 Å². The first-order valence-electron chi connectivity index (χ1n) is 11.7. The Labute approximate surface area is 203 Å². The summed E-state index contributed by atoms with van der Waals surface area (Å²) in [5.41, 5.74) is 2.38. The van der Waals surface area contributed by atoms with Crippen molar-refractivity contribution >= 4 is 11.9 Å². The largest absolute Gasteiger partial charge is 0.435 e. The molecule has 5 rings (SSSR count). The van der Waals surface area contributed by atoms with Crippen LogP contribution in [0.1, 0.15) is 16.8 Å². The molecule has 182 valence electrons. The van der Waals surface area contributed by atoms with Crippen LogP contribution in [0.25, 0.3) is 0 Å². The van der Waals surface area contributed by atoms with Gasteiger partial charge in [0.25, 0.3) is 0 Å². The van der Waals surface area contributed by atoms with Crippen molar-refractivity contribution in [1.29, 1.82) is 0 Å². The van der Waals surface area contributed by atoms with Gasteiger partial charge >= 0.3 is 0 Å². The molecule has 7 nitrogen and oxygen atoms in total. The predicted molar refractivity (Wildman–Crippen MR) is 127 cm³/mol. The molecule has 0 spiro atoms. The van der Waals surface area contributed by atoms with Crippen molar-refractivity contribution in [3.63, 3.8) is 0 Å². The quantitative estimate of drug-likeness (QED) is 0.559. The molecule has 2 aliphatic heterocycles. The third-order valence-electron chi connectivity index (χ3n) is 6.45. The summed E-state index contributed by atoms with van der Waals surface area (Å²) in [6.07, 6.45) is 0.834. The number of carbonyl (C=O) groups excluding carboxylic acids is 1. The average Bonchev–Trinajstić information content (AvgIpc) is 2.86. The van der Waals surface area contributed by atoms with E-state index >= 15 is 0 Å². The first-order chi connectivity index (χ1) is 17.0. The number of hydrogen-bond donors (Lipinski definition) is 0. The van der Waals surface area contributed by atoms with Gasteiger partial charge in [-0.1, -0.05) is 30.3 Å². The van der Waals surface area contributed by atoms with Gasteiger partial charge in [0.1, 0.15) is 5.82 Å². The molecule has 9 heteroatoms. The van der Waals surface area contributed by atoms with Crippen LogP contribution in [0, 0.1) is 11.6 Å². The number of halogens is 2. The number of anilines is 1. The van der Waals surface area contributed by atoms with Crippen molar-refractivity contribution in [3.8, 4) is 11.6 Å². The molecule has 3 aromatic rings. The number of aromatic nitrogens is 2. The molecule has 0 atom stereocenters. The molecule has 0 bridgehead atoms. The number of ether oxygens (including phenoxy) is 1. The minimum Gasteiger partial charge on any atom is -0.435 e. The van der Waals surface area contributed by atoms with E-state index in [4.69, 9.17) is 9.72 Å². The number of piperazine rings is 1. The fraction of sp³-hybridized carbons (Fsp3) is 0.346. The van der Waals surface area contributed by atoms with Gasteiger partial charge in [-0.3, -0.25) is 4.79 Å². The summed E-state index contributed by atoms with van der Waals surface area (Å²) in [6, 6.07) is 12.7. The molecule has 3 heterocycles. The van der Waals surface area contributed by atoms with Crippen LogP contribution in [0.3, 0.4) is 0 Å². The second-order valence-corrected chi connectivity index (χ2v) is 8.95. The van der Waals surface area contributed by atoms with Crippen molar-refractivity contribution in [3.05, 3.63) is 77.0 Å². The van der Waals surface area contributed by atoms with Crippen LogP contribution in [0.15, 0.2) is 48.5 Å². The lowest BCUT2D eigenvalue weighted by Crippen LogP contribution is -2.45. The van der Waals surface area contributed by atoms with Gasteiger partial charge in [-0.2, -0.15) is 4.98 Å². The molecule has 0 N–H and O–H groups in total. The van der Waals surface area contributed by atoms with Gasteiger partial charge in [0.2, 0.25) is 17.7 Å². The highest BCUT2D eigenvalue weighted by Gasteiger charge is 2.29. The molecule has 0 aliphatic carbocycles. The maximum Gasteiger partial charge on any atom is 0.229 e. The molecule has 1 fully saturated rings. The molecule has 0 radical (unpaired) electrons. The molecule has 0 saturated carbocycles. The van der Waals surface area contributed by atoms with E-state index in [1.807, 2.05) is 30.3 Å². The number of nitrogens with zero attached hydrogens (tertiary/aromatic N) is 5. The highest BCUT2D eigenvalue weighted by Crippen LogP contribution is 2.33. The fourth-order valence-electron chi connectivity index (χ4n) is 4.36. The van der Waals surface area contributed by atoms with Crippen molar-refractivity contribution in [2.75, 3.05) is 44.7 Å². The molecule has 35 heavy (non-hydrogen) atoms. The van der Waals surface area contributed by atoms with Gasteiger partial charge in [0.15, 0.2) is 11.6 Å². The number of likely N-dealkylation sites (N-methyl/N-ethyl adjacent to an activating group) is 1. The lowest BCUT2D eigenvalue weighted by Gasteiger charge is -2.34. The Hall–Kier alpha value is -3.59. The summed E-state index contributed by atoms with van der Waals surface area (Å²) in [5.74, 6) is -0.903. The SMILES string of the molecule is CN1CCN(c2nc3c(c(Oc4ccc(F)cc4F)n2)CN(C(=O)Cc2ccccc2)CC3)CC1. The molecule has 2 aliphatic rings. The summed E-state index contributed by atoms with van der Waals surface area (Å²) in [6.45, 7) is 4.09. The van der Waals surface area contributed by atoms with Crippen LogP contribution in [0.2, 0.25) is 0 Å². The third kappa shape index (κ3) is 5.24. The van der Waals surface area contributed by atoms with E-state index in [0.29, 0.717) is 30.9 Å². The van der Waals surface area contributed by atoms with Crippen LogP contribution in [0.4, 0.5) is 14.7 Å². The molecular formula is C26H27F2N5O2. The average molecular weight is 480 g/mol. The van der Waals surface area contributed by atoms with Gasteiger partial charge in [0.05, 0.1) is 24.2 Å². The van der Waals surface area contributed by atoms with E-state index < -0.39 is 11.6 Å². The van der Waals surface area contributed by atoms with E-state index in [2.05, 4.69) is 21.8 Å². The van der Waals surface area contributed by atoms with Crippen molar-refractivity contribution in [2.45, 2.75) is 19.4 Å². The number of fused-ring (bicyclic) bond motifs is 1. The lowest BCUT2D eigenvalue weighted by molar-refractivity contribution is -0.131. The second-order valence-electron chi connectivity index (χ2n) is 8.95. The van der Waals surface area contributed by atoms with Gasteiger partial charge < -0.3 is 19.4 Å². The summed E-state index contributed by atoms with van der Waals surface area (Å²) >= 11 is 0. The van der Waals surface area contributed by atoms with Gasteiger partial charge in [0, 0.05) is 45.2 Å². The van der Waals surface area contributed by atoms with E-state index in [0.717, 1.165) is 49.6 Å². The first kappa shape index (κ1) is 23.2. The van der Waals surface area contributed by atoms with Crippen LogP contribution in [-0.4, -0.2) is 65.4 Å². The zero-order valence-corrected chi connectivity index (χ0v) is 19.6. The molecule has 1 saturated heterocycles. The molecular weight excluding hydrogens is 452 g/mol. The minimum absolute atomic E-state index is 0.0103. The summed E-state index contributed by atoms with van der Waals surface area (Å²) < 4.78 is 33.8. The van der Waals surface area contributed by atoms with Crippen LogP contribution < -0.4 is 9.64 Å². The number of amides is 1. The van der Waals surface area contributed by atoms with Crippen molar-refractivity contribution in [1.82, 2.24) is 19.8 Å². The monoisotopic (exact) mass is 479 g/mol. The Morgan fingerprint density at radius 1 is 1.00 bits per heavy atom. The summed E-state index contributed by atoms with van der Waals surface area (Å²) in [5, 5.41) is 0. The molecule has 2 aromatic carbocycles. The minimum atomic E-state index is -0.814. The number of benzene rings is 2. The van der Waals surface area contributed by atoms with Gasteiger partial charge in [-0.25, -0.2) is 13.8 Å². The van der Waals surface area contributed by atoms with E-state index in [-0.39, 0.29) is 24.1 Å². The smallest absolute Gasteiger partial charge is 0.229 e. The molecule has 0 unspecified atom stereocenters. The number of rotatable bonds is 5. The maximum absolute atomic E-state index is 14.4. The molecule has 1 aromatic heterocycles. The first-order valence-corrected chi connectivity index (χ1v) is 11.7. The lowest BCUT2D eigenvalue weighted by atomic mass is 10.0.